The first-order chi connectivity index (χ1) is 11.1. The van der Waals surface area contributed by atoms with Gasteiger partial charge in [-0.1, -0.05) is 0 Å². The molecule has 6 nitrogen and oxygen atoms in total. The molecule has 0 aliphatic carbocycles. The molecule has 0 bridgehead atoms. The third-order valence-electron chi connectivity index (χ3n) is 4.60. The quantitative estimate of drug-likeness (QED) is 0.865. The second-order valence-corrected chi connectivity index (χ2v) is 7.04. The number of nitrogens with zero attached hydrogens (tertiary/aromatic N) is 3. The van der Waals surface area contributed by atoms with Crippen LogP contribution in [0.2, 0.25) is 0 Å². The summed E-state index contributed by atoms with van der Waals surface area (Å²) in [5, 5.41) is 5.78. The Kier molecular flexibility index (Phi) is 3.19. The molecule has 4 rings (SSSR count). The van der Waals surface area contributed by atoms with Gasteiger partial charge in [0.2, 0.25) is 0 Å². The summed E-state index contributed by atoms with van der Waals surface area (Å²) in [7, 11) is 0. The van der Waals surface area contributed by atoms with E-state index >= 15 is 0 Å². The van der Waals surface area contributed by atoms with Crippen LogP contribution >= 0.6 is 11.3 Å². The maximum atomic E-state index is 12.5. The van der Waals surface area contributed by atoms with Gasteiger partial charge < -0.3 is 10.2 Å². The Morgan fingerprint density at radius 2 is 2.17 bits per heavy atom. The summed E-state index contributed by atoms with van der Waals surface area (Å²) in [4.78, 5) is 35.1. The number of amides is 2. The van der Waals surface area contributed by atoms with Crippen molar-refractivity contribution >= 4 is 23.2 Å². The van der Waals surface area contributed by atoms with Crippen LogP contribution < -0.4 is 5.32 Å². The zero-order valence-electron chi connectivity index (χ0n) is 12.7. The highest BCUT2D eigenvalue weighted by atomic mass is 32.1. The molecule has 2 aliphatic rings. The first-order valence-electron chi connectivity index (χ1n) is 7.58. The summed E-state index contributed by atoms with van der Waals surface area (Å²) in [5.41, 5.74) is 1.56. The molecule has 1 saturated heterocycles. The van der Waals surface area contributed by atoms with E-state index in [0.717, 1.165) is 10.7 Å². The number of carbonyl (C=O) groups excluding carboxylic acids is 2. The highest BCUT2D eigenvalue weighted by molar-refractivity contribution is 7.09. The molecule has 2 aromatic rings. The van der Waals surface area contributed by atoms with Crippen LogP contribution in [0.4, 0.5) is 0 Å². The number of pyridine rings is 1. The van der Waals surface area contributed by atoms with E-state index in [-0.39, 0.29) is 11.8 Å². The SMILES string of the molecule is Cc1nc(C(=O)N2CCC3(CC2)NC(=O)c2cccnc23)cs1. The number of aryl methyl sites for hydroxylation is 1. The van der Waals surface area contributed by atoms with Gasteiger partial charge in [-0.2, -0.15) is 0 Å². The van der Waals surface area contributed by atoms with Crippen LogP contribution in [0.5, 0.6) is 0 Å². The highest BCUT2D eigenvalue weighted by Crippen LogP contribution is 2.38. The number of hydrogen-bond donors (Lipinski definition) is 1. The maximum absolute atomic E-state index is 12.5. The number of aromatic nitrogens is 2. The average Bonchev–Trinajstić information content (AvgIpc) is 3.11. The predicted molar refractivity (Wildman–Crippen MR) is 85.4 cm³/mol. The average molecular weight is 328 g/mol. The van der Waals surface area contributed by atoms with E-state index in [1.807, 2.05) is 17.9 Å². The molecule has 4 heterocycles. The third kappa shape index (κ3) is 2.23. The number of hydrogen-bond acceptors (Lipinski definition) is 5. The topological polar surface area (TPSA) is 75.2 Å². The Morgan fingerprint density at radius 1 is 1.39 bits per heavy atom. The Morgan fingerprint density at radius 3 is 2.87 bits per heavy atom. The predicted octanol–water partition coefficient (Wildman–Crippen LogP) is 1.72. The van der Waals surface area contributed by atoms with Crippen LogP contribution in [0.3, 0.4) is 0 Å². The first kappa shape index (κ1) is 14.3. The minimum Gasteiger partial charge on any atom is -0.341 e. The lowest BCUT2D eigenvalue weighted by molar-refractivity contribution is 0.0627. The van der Waals surface area contributed by atoms with Crippen molar-refractivity contribution in [3.05, 3.63) is 45.7 Å². The summed E-state index contributed by atoms with van der Waals surface area (Å²) in [6.45, 7) is 3.07. The summed E-state index contributed by atoms with van der Waals surface area (Å²) < 4.78 is 0. The fourth-order valence-corrected chi connectivity index (χ4v) is 3.98. The number of thiazole rings is 1. The van der Waals surface area contributed by atoms with Crippen molar-refractivity contribution in [2.24, 2.45) is 0 Å². The lowest BCUT2D eigenvalue weighted by Gasteiger charge is -2.38. The maximum Gasteiger partial charge on any atom is 0.273 e. The van der Waals surface area contributed by atoms with Gasteiger partial charge in [0, 0.05) is 24.7 Å². The number of likely N-dealkylation sites (tertiary alicyclic amines) is 1. The monoisotopic (exact) mass is 328 g/mol. The molecule has 118 valence electrons. The van der Waals surface area contributed by atoms with Crippen molar-refractivity contribution in [1.82, 2.24) is 20.2 Å². The van der Waals surface area contributed by atoms with Gasteiger partial charge in [-0.05, 0) is 31.9 Å². The Labute approximate surface area is 137 Å². The molecular formula is C16H16N4O2S. The van der Waals surface area contributed by atoms with Gasteiger partial charge in [-0.15, -0.1) is 11.3 Å². The van der Waals surface area contributed by atoms with Crippen molar-refractivity contribution in [3.8, 4) is 0 Å². The molecule has 0 aromatic carbocycles. The fourth-order valence-electron chi connectivity index (χ4n) is 3.39. The molecule has 1 N–H and O–H groups in total. The Hall–Kier alpha value is -2.28. The van der Waals surface area contributed by atoms with Crippen LogP contribution in [-0.2, 0) is 5.54 Å². The molecule has 1 spiro atoms. The Bertz CT molecular complexity index is 793. The first-order valence-corrected chi connectivity index (χ1v) is 8.46. The zero-order chi connectivity index (χ0) is 16.0. The van der Waals surface area contributed by atoms with E-state index in [2.05, 4.69) is 15.3 Å². The molecule has 7 heteroatoms. The second kappa shape index (κ2) is 5.13. The van der Waals surface area contributed by atoms with Crippen molar-refractivity contribution in [1.29, 1.82) is 0 Å². The molecular weight excluding hydrogens is 312 g/mol. The van der Waals surface area contributed by atoms with E-state index in [9.17, 15) is 9.59 Å². The number of carbonyl (C=O) groups is 2. The van der Waals surface area contributed by atoms with Gasteiger partial charge in [0.05, 0.1) is 21.8 Å². The minimum absolute atomic E-state index is 0.0326. The molecule has 0 unspecified atom stereocenters. The standard InChI is InChI=1S/C16H16N4O2S/c1-10-18-12(9-23-10)15(22)20-7-4-16(5-8-20)13-11(14(21)19-16)3-2-6-17-13/h2-3,6,9H,4-5,7-8H2,1H3,(H,19,21). The molecule has 2 amide bonds. The summed E-state index contributed by atoms with van der Waals surface area (Å²) in [5.74, 6) is -0.0993. The summed E-state index contributed by atoms with van der Waals surface area (Å²) in [6.07, 6.45) is 3.08. The van der Waals surface area contributed by atoms with Crippen molar-refractivity contribution in [2.75, 3.05) is 13.1 Å². The summed E-state index contributed by atoms with van der Waals surface area (Å²) in [6, 6.07) is 3.59. The number of fused-ring (bicyclic) bond motifs is 2. The molecule has 2 aromatic heterocycles. The lowest BCUT2D eigenvalue weighted by Crippen LogP contribution is -2.51. The van der Waals surface area contributed by atoms with Gasteiger partial charge in [0.25, 0.3) is 11.8 Å². The van der Waals surface area contributed by atoms with Gasteiger partial charge in [0.1, 0.15) is 5.69 Å². The van der Waals surface area contributed by atoms with Gasteiger partial charge in [-0.3, -0.25) is 14.6 Å². The van der Waals surface area contributed by atoms with Crippen LogP contribution in [-0.4, -0.2) is 39.8 Å². The van der Waals surface area contributed by atoms with Gasteiger partial charge in [-0.25, -0.2) is 4.98 Å². The summed E-state index contributed by atoms with van der Waals surface area (Å²) >= 11 is 1.48. The zero-order valence-corrected chi connectivity index (χ0v) is 13.5. The van der Waals surface area contributed by atoms with Crippen molar-refractivity contribution < 1.29 is 9.59 Å². The van der Waals surface area contributed by atoms with E-state index in [0.29, 0.717) is 37.2 Å². The van der Waals surface area contributed by atoms with E-state index in [4.69, 9.17) is 0 Å². The minimum atomic E-state index is -0.428. The molecule has 0 radical (unpaired) electrons. The van der Waals surface area contributed by atoms with Crippen LogP contribution in [0.1, 0.15) is 44.4 Å². The molecule has 1 fully saturated rings. The van der Waals surface area contributed by atoms with E-state index in [1.165, 1.54) is 11.3 Å². The second-order valence-electron chi connectivity index (χ2n) is 5.98. The normalized spacial score (nSPS) is 18.8. The highest BCUT2D eigenvalue weighted by Gasteiger charge is 2.46. The number of piperidine rings is 1. The smallest absolute Gasteiger partial charge is 0.273 e. The van der Waals surface area contributed by atoms with Gasteiger partial charge >= 0.3 is 0 Å². The van der Waals surface area contributed by atoms with Crippen molar-refractivity contribution in [3.63, 3.8) is 0 Å². The number of nitrogens with one attached hydrogen (secondary N) is 1. The van der Waals surface area contributed by atoms with Gasteiger partial charge in [0.15, 0.2) is 0 Å². The number of rotatable bonds is 1. The Balaban J connectivity index is 1.54. The fraction of sp³-hybridized carbons (Fsp3) is 0.375. The molecule has 0 atom stereocenters. The van der Waals surface area contributed by atoms with E-state index < -0.39 is 5.54 Å². The van der Waals surface area contributed by atoms with E-state index in [1.54, 1.807) is 17.6 Å². The molecule has 2 aliphatic heterocycles. The molecule has 23 heavy (non-hydrogen) atoms. The van der Waals surface area contributed by atoms with Crippen LogP contribution in [0, 0.1) is 6.92 Å². The van der Waals surface area contributed by atoms with Crippen LogP contribution in [0.25, 0.3) is 0 Å². The molecule has 0 saturated carbocycles. The van der Waals surface area contributed by atoms with Crippen LogP contribution in [0.15, 0.2) is 23.7 Å². The lowest BCUT2D eigenvalue weighted by atomic mass is 9.85. The van der Waals surface area contributed by atoms with Crippen molar-refractivity contribution in [2.45, 2.75) is 25.3 Å². The third-order valence-corrected chi connectivity index (χ3v) is 5.37. The largest absolute Gasteiger partial charge is 0.341 e.